The molecular weight excluding hydrogens is 164 g/mol. The molecule has 0 spiro atoms. The Balaban J connectivity index is 2.14. The van der Waals surface area contributed by atoms with E-state index in [1.807, 2.05) is 20.8 Å². The van der Waals surface area contributed by atoms with E-state index in [-0.39, 0.29) is 12.4 Å². The Morgan fingerprint density at radius 3 is 2.15 bits per heavy atom. The minimum atomic E-state index is -0.0388. The van der Waals surface area contributed by atoms with E-state index in [4.69, 9.17) is 9.47 Å². The number of hydrogen-bond acceptors (Lipinski definition) is 2. The van der Waals surface area contributed by atoms with E-state index in [1.165, 1.54) is 32.1 Å². The van der Waals surface area contributed by atoms with E-state index >= 15 is 0 Å². The van der Waals surface area contributed by atoms with Crippen molar-refractivity contribution in [3.05, 3.63) is 0 Å². The molecule has 0 aromatic carbocycles. The van der Waals surface area contributed by atoms with Crippen LogP contribution in [0, 0.1) is 0 Å². The molecule has 1 fully saturated rings. The summed E-state index contributed by atoms with van der Waals surface area (Å²) in [5.74, 6) is 0. The summed E-state index contributed by atoms with van der Waals surface area (Å²) in [6.07, 6.45) is 7.11. The highest BCUT2D eigenvalue weighted by molar-refractivity contribution is 4.65. The molecule has 0 radical (unpaired) electrons. The fourth-order valence-corrected chi connectivity index (χ4v) is 1.89. The van der Waals surface area contributed by atoms with E-state index in [9.17, 15) is 0 Å². The van der Waals surface area contributed by atoms with Crippen molar-refractivity contribution in [3.8, 4) is 0 Å². The molecule has 1 atom stereocenters. The Morgan fingerprint density at radius 1 is 1.00 bits per heavy atom. The molecule has 0 saturated heterocycles. The fraction of sp³-hybridized carbons (Fsp3) is 1.00. The van der Waals surface area contributed by atoms with Gasteiger partial charge >= 0.3 is 0 Å². The van der Waals surface area contributed by atoms with Gasteiger partial charge in [0, 0.05) is 0 Å². The highest BCUT2D eigenvalue weighted by Crippen LogP contribution is 2.21. The van der Waals surface area contributed by atoms with Gasteiger partial charge in [0.1, 0.15) is 0 Å². The fourth-order valence-electron chi connectivity index (χ4n) is 1.89. The van der Waals surface area contributed by atoms with Crippen molar-refractivity contribution in [3.63, 3.8) is 0 Å². The van der Waals surface area contributed by atoms with Crippen molar-refractivity contribution in [2.75, 3.05) is 0 Å². The van der Waals surface area contributed by atoms with Gasteiger partial charge in [0.2, 0.25) is 0 Å². The predicted molar refractivity (Wildman–Crippen MR) is 53.6 cm³/mol. The summed E-state index contributed by atoms with van der Waals surface area (Å²) in [7, 11) is 0. The normalized spacial score (nSPS) is 22.2. The van der Waals surface area contributed by atoms with Gasteiger partial charge in [-0.05, 0) is 33.6 Å². The van der Waals surface area contributed by atoms with Crippen LogP contribution in [0.25, 0.3) is 0 Å². The molecule has 1 unspecified atom stereocenters. The second-order valence-electron chi connectivity index (χ2n) is 4.15. The molecule has 78 valence electrons. The maximum Gasteiger partial charge on any atom is 0.155 e. The predicted octanol–water partition coefficient (Wildman–Crippen LogP) is 3.11. The average molecular weight is 186 g/mol. The van der Waals surface area contributed by atoms with E-state index in [0.717, 1.165) is 0 Å². The quantitative estimate of drug-likeness (QED) is 0.628. The molecule has 0 aliphatic heterocycles. The first-order chi connectivity index (χ1) is 6.18. The van der Waals surface area contributed by atoms with Crippen LogP contribution in [0.5, 0.6) is 0 Å². The Hall–Kier alpha value is -0.0800. The van der Waals surface area contributed by atoms with Gasteiger partial charge in [-0.2, -0.15) is 0 Å². The van der Waals surface area contributed by atoms with Crippen LogP contribution in [0.3, 0.4) is 0 Å². The van der Waals surface area contributed by atoms with Crippen LogP contribution in [-0.4, -0.2) is 18.5 Å². The summed E-state index contributed by atoms with van der Waals surface area (Å²) >= 11 is 0. The highest BCUT2D eigenvalue weighted by Gasteiger charge is 2.17. The molecule has 0 N–H and O–H groups in total. The van der Waals surface area contributed by atoms with Crippen LogP contribution in [0.4, 0.5) is 0 Å². The Morgan fingerprint density at radius 2 is 1.62 bits per heavy atom. The Kier molecular flexibility index (Phi) is 4.74. The topological polar surface area (TPSA) is 18.5 Å². The third-order valence-electron chi connectivity index (χ3n) is 2.40. The summed E-state index contributed by atoms with van der Waals surface area (Å²) in [6, 6.07) is 0. The first-order valence-electron chi connectivity index (χ1n) is 5.49. The van der Waals surface area contributed by atoms with E-state index < -0.39 is 0 Å². The van der Waals surface area contributed by atoms with Crippen molar-refractivity contribution in [2.24, 2.45) is 0 Å². The number of rotatable bonds is 4. The molecule has 1 aliphatic carbocycles. The zero-order valence-electron chi connectivity index (χ0n) is 9.08. The van der Waals surface area contributed by atoms with Crippen LogP contribution >= 0.6 is 0 Å². The molecule has 0 aromatic rings. The van der Waals surface area contributed by atoms with Crippen LogP contribution in [0.15, 0.2) is 0 Å². The van der Waals surface area contributed by atoms with Gasteiger partial charge in [-0.1, -0.05) is 19.3 Å². The molecule has 2 nitrogen and oxygen atoms in total. The lowest BCUT2D eigenvalue weighted by atomic mass is 9.98. The Bertz CT molecular complexity index is 128. The third kappa shape index (κ3) is 4.63. The van der Waals surface area contributed by atoms with Crippen LogP contribution in [0.1, 0.15) is 52.9 Å². The zero-order chi connectivity index (χ0) is 9.68. The largest absolute Gasteiger partial charge is 0.350 e. The molecule has 2 heteroatoms. The maximum atomic E-state index is 5.78. The molecule has 1 rings (SSSR count). The molecule has 0 amide bonds. The molecule has 13 heavy (non-hydrogen) atoms. The van der Waals surface area contributed by atoms with Crippen LogP contribution in [-0.2, 0) is 9.47 Å². The van der Waals surface area contributed by atoms with Crippen molar-refractivity contribution in [1.82, 2.24) is 0 Å². The van der Waals surface area contributed by atoms with Crippen LogP contribution < -0.4 is 0 Å². The second-order valence-corrected chi connectivity index (χ2v) is 4.15. The maximum absolute atomic E-state index is 5.78. The summed E-state index contributed by atoms with van der Waals surface area (Å²) in [4.78, 5) is 0. The standard InChI is InChI=1S/C11H22O2/c1-9(2)12-10(3)13-11-7-5-4-6-8-11/h9-11H,4-8H2,1-3H3. The zero-order valence-corrected chi connectivity index (χ0v) is 9.08. The van der Waals surface area contributed by atoms with Gasteiger partial charge in [0.15, 0.2) is 6.29 Å². The van der Waals surface area contributed by atoms with Gasteiger partial charge in [-0.25, -0.2) is 0 Å². The molecular formula is C11H22O2. The minimum Gasteiger partial charge on any atom is -0.350 e. The smallest absolute Gasteiger partial charge is 0.155 e. The first kappa shape index (κ1) is 11.0. The van der Waals surface area contributed by atoms with Gasteiger partial charge in [-0.3, -0.25) is 0 Å². The lowest BCUT2D eigenvalue weighted by molar-refractivity contribution is -0.182. The molecule has 0 bridgehead atoms. The third-order valence-corrected chi connectivity index (χ3v) is 2.40. The van der Waals surface area contributed by atoms with Gasteiger partial charge in [0.25, 0.3) is 0 Å². The van der Waals surface area contributed by atoms with E-state index in [1.54, 1.807) is 0 Å². The lowest BCUT2D eigenvalue weighted by Crippen LogP contribution is -2.26. The second kappa shape index (κ2) is 5.61. The average Bonchev–Trinajstić information content (AvgIpc) is 2.04. The molecule has 0 heterocycles. The van der Waals surface area contributed by atoms with Crippen molar-refractivity contribution < 1.29 is 9.47 Å². The summed E-state index contributed by atoms with van der Waals surface area (Å²) in [5, 5.41) is 0. The molecule has 0 aromatic heterocycles. The van der Waals surface area contributed by atoms with E-state index in [0.29, 0.717) is 6.10 Å². The SMILES string of the molecule is CC(C)OC(C)OC1CCCCC1. The van der Waals surface area contributed by atoms with E-state index in [2.05, 4.69) is 0 Å². The minimum absolute atomic E-state index is 0.0388. The van der Waals surface area contributed by atoms with Crippen molar-refractivity contribution in [2.45, 2.75) is 71.4 Å². The number of hydrogen-bond donors (Lipinski definition) is 0. The monoisotopic (exact) mass is 186 g/mol. The highest BCUT2D eigenvalue weighted by atomic mass is 16.7. The first-order valence-corrected chi connectivity index (χ1v) is 5.49. The summed E-state index contributed by atoms with van der Waals surface area (Å²) < 4.78 is 11.3. The van der Waals surface area contributed by atoms with Gasteiger partial charge < -0.3 is 9.47 Å². The summed E-state index contributed by atoms with van der Waals surface area (Å²) in [6.45, 7) is 6.08. The van der Waals surface area contributed by atoms with Crippen LogP contribution in [0.2, 0.25) is 0 Å². The molecule has 1 saturated carbocycles. The van der Waals surface area contributed by atoms with Crippen molar-refractivity contribution >= 4 is 0 Å². The summed E-state index contributed by atoms with van der Waals surface area (Å²) in [5.41, 5.74) is 0. The lowest BCUT2D eigenvalue weighted by Gasteiger charge is -2.26. The van der Waals surface area contributed by atoms with Gasteiger partial charge in [0.05, 0.1) is 12.2 Å². The molecule has 1 aliphatic rings. The number of ether oxygens (including phenoxy) is 2. The van der Waals surface area contributed by atoms with Crippen molar-refractivity contribution in [1.29, 1.82) is 0 Å². The Labute approximate surface area is 81.6 Å². The van der Waals surface area contributed by atoms with Gasteiger partial charge in [-0.15, -0.1) is 0 Å².